The molecule has 0 aliphatic rings. The fourth-order valence-electron chi connectivity index (χ4n) is 1.63. The van der Waals surface area contributed by atoms with Crippen LogP contribution < -0.4 is 4.74 Å². The van der Waals surface area contributed by atoms with Gasteiger partial charge >= 0.3 is 0 Å². The van der Waals surface area contributed by atoms with E-state index >= 15 is 0 Å². The molecule has 0 atom stereocenters. The number of rotatable bonds is 3. The minimum atomic E-state index is -2.56. The van der Waals surface area contributed by atoms with Crippen LogP contribution in [0, 0.1) is 0 Å². The zero-order valence-electron chi connectivity index (χ0n) is 9.53. The number of ether oxygens (including phenoxy) is 1. The third-order valence-corrected chi connectivity index (χ3v) is 2.74. The second-order valence-corrected chi connectivity index (χ2v) is 4.06. The monoisotopic (exact) mass is 269 g/mol. The summed E-state index contributed by atoms with van der Waals surface area (Å²) in [5.41, 5.74) is 0.896. The SMILES string of the molecule is COc1ccc(-c2cc(Cl)ccc2C(F)F)cn1. The van der Waals surface area contributed by atoms with Gasteiger partial charge in [0.25, 0.3) is 6.43 Å². The lowest BCUT2D eigenvalue weighted by atomic mass is 10.0. The van der Waals surface area contributed by atoms with Gasteiger partial charge in [0, 0.05) is 28.4 Å². The number of alkyl halides is 2. The molecule has 5 heteroatoms. The van der Waals surface area contributed by atoms with E-state index in [2.05, 4.69) is 4.98 Å². The maximum absolute atomic E-state index is 12.9. The molecule has 18 heavy (non-hydrogen) atoms. The number of aromatic nitrogens is 1. The second-order valence-electron chi connectivity index (χ2n) is 3.62. The van der Waals surface area contributed by atoms with Crippen molar-refractivity contribution in [1.82, 2.24) is 4.98 Å². The summed E-state index contributed by atoms with van der Waals surface area (Å²) in [7, 11) is 1.49. The molecule has 2 nitrogen and oxygen atoms in total. The summed E-state index contributed by atoms with van der Waals surface area (Å²) in [4.78, 5) is 3.99. The standard InChI is InChI=1S/C13H10ClF2NO/c1-18-12-5-2-8(7-17-12)11-6-9(14)3-4-10(11)13(15)16/h2-7,13H,1H3. The maximum atomic E-state index is 12.9. The van der Waals surface area contributed by atoms with Crippen molar-refractivity contribution in [3.05, 3.63) is 47.1 Å². The Kier molecular flexibility index (Phi) is 3.77. The summed E-state index contributed by atoms with van der Waals surface area (Å²) >= 11 is 5.84. The van der Waals surface area contributed by atoms with Gasteiger partial charge in [-0.3, -0.25) is 0 Å². The lowest BCUT2D eigenvalue weighted by molar-refractivity contribution is 0.152. The Hall–Kier alpha value is -1.68. The van der Waals surface area contributed by atoms with Crippen LogP contribution in [0.2, 0.25) is 5.02 Å². The fraction of sp³-hybridized carbons (Fsp3) is 0.154. The molecule has 0 N–H and O–H groups in total. The van der Waals surface area contributed by atoms with Gasteiger partial charge in [0.15, 0.2) is 0 Å². The van der Waals surface area contributed by atoms with Crippen LogP contribution >= 0.6 is 11.6 Å². The molecular weight excluding hydrogens is 260 g/mol. The van der Waals surface area contributed by atoms with Crippen molar-refractivity contribution in [2.24, 2.45) is 0 Å². The quantitative estimate of drug-likeness (QED) is 0.826. The zero-order valence-corrected chi connectivity index (χ0v) is 10.3. The van der Waals surface area contributed by atoms with Gasteiger partial charge in [0.1, 0.15) is 0 Å². The molecule has 1 heterocycles. The van der Waals surface area contributed by atoms with Crippen molar-refractivity contribution >= 4 is 11.6 Å². The molecule has 1 aromatic carbocycles. The molecule has 0 saturated carbocycles. The van der Waals surface area contributed by atoms with E-state index in [1.165, 1.54) is 31.5 Å². The van der Waals surface area contributed by atoms with Gasteiger partial charge in [-0.15, -0.1) is 0 Å². The first-order valence-corrected chi connectivity index (χ1v) is 5.57. The maximum Gasteiger partial charge on any atom is 0.264 e. The van der Waals surface area contributed by atoms with Crippen molar-refractivity contribution in [2.45, 2.75) is 6.43 Å². The first-order valence-electron chi connectivity index (χ1n) is 5.20. The van der Waals surface area contributed by atoms with Crippen LogP contribution in [0.15, 0.2) is 36.5 Å². The van der Waals surface area contributed by atoms with Crippen LogP contribution in [0.5, 0.6) is 5.88 Å². The van der Waals surface area contributed by atoms with E-state index in [1.807, 2.05) is 0 Å². The lowest BCUT2D eigenvalue weighted by Gasteiger charge is -2.09. The van der Waals surface area contributed by atoms with Crippen molar-refractivity contribution in [1.29, 1.82) is 0 Å². The number of pyridine rings is 1. The predicted molar refractivity (Wildman–Crippen MR) is 66.2 cm³/mol. The second kappa shape index (κ2) is 5.31. The van der Waals surface area contributed by atoms with Gasteiger partial charge in [-0.1, -0.05) is 17.7 Å². The van der Waals surface area contributed by atoms with Crippen molar-refractivity contribution in [2.75, 3.05) is 7.11 Å². The van der Waals surface area contributed by atoms with Gasteiger partial charge < -0.3 is 4.74 Å². The van der Waals surface area contributed by atoms with E-state index in [9.17, 15) is 8.78 Å². The highest BCUT2D eigenvalue weighted by molar-refractivity contribution is 6.30. The Morgan fingerprint density at radius 2 is 2.00 bits per heavy atom. The van der Waals surface area contributed by atoms with Gasteiger partial charge in [0.05, 0.1) is 7.11 Å². The van der Waals surface area contributed by atoms with Crippen molar-refractivity contribution < 1.29 is 13.5 Å². The molecule has 94 valence electrons. The molecule has 2 rings (SSSR count). The van der Waals surface area contributed by atoms with Gasteiger partial charge in [-0.05, 0) is 23.8 Å². The molecule has 0 aliphatic heterocycles. The molecule has 0 unspecified atom stereocenters. The highest BCUT2D eigenvalue weighted by atomic mass is 35.5. The number of halogens is 3. The van der Waals surface area contributed by atoms with E-state index in [4.69, 9.17) is 16.3 Å². The number of nitrogens with zero attached hydrogens (tertiary/aromatic N) is 1. The Balaban J connectivity index is 2.50. The van der Waals surface area contributed by atoms with E-state index in [-0.39, 0.29) is 5.56 Å². The lowest BCUT2D eigenvalue weighted by Crippen LogP contribution is -1.92. The van der Waals surface area contributed by atoms with E-state index < -0.39 is 6.43 Å². The molecule has 0 fully saturated rings. The third-order valence-electron chi connectivity index (χ3n) is 2.51. The van der Waals surface area contributed by atoms with Crippen LogP contribution in [0.4, 0.5) is 8.78 Å². The molecule has 0 saturated heterocycles. The molecule has 1 aromatic heterocycles. The van der Waals surface area contributed by atoms with E-state index in [0.29, 0.717) is 22.0 Å². The molecule has 0 radical (unpaired) electrons. The first kappa shape index (κ1) is 12.8. The molecular formula is C13H10ClF2NO. The first-order chi connectivity index (χ1) is 8.61. The predicted octanol–water partition coefficient (Wildman–Crippen LogP) is 4.35. The summed E-state index contributed by atoms with van der Waals surface area (Å²) in [5, 5.41) is 0.408. The highest BCUT2D eigenvalue weighted by Crippen LogP contribution is 2.33. The topological polar surface area (TPSA) is 22.1 Å². The number of benzene rings is 1. The van der Waals surface area contributed by atoms with Crippen LogP contribution in [0.1, 0.15) is 12.0 Å². The minimum Gasteiger partial charge on any atom is -0.481 e. The normalized spacial score (nSPS) is 10.7. The summed E-state index contributed by atoms with van der Waals surface area (Å²) in [6.45, 7) is 0. The number of hydrogen-bond acceptors (Lipinski definition) is 2. The summed E-state index contributed by atoms with van der Waals surface area (Å²) in [6.07, 6.45) is -1.07. The largest absolute Gasteiger partial charge is 0.481 e. The average molecular weight is 270 g/mol. The molecule has 0 aliphatic carbocycles. The molecule has 2 aromatic rings. The van der Waals surface area contributed by atoms with Gasteiger partial charge in [0.2, 0.25) is 5.88 Å². The minimum absolute atomic E-state index is 0.0635. The summed E-state index contributed by atoms with van der Waals surface area (Å²) in [5.74, 6) is 0.430. The van der Waals surface area contributed by atoms with Gasteiger partial charge in [-0.25, -0.2) is 13.8 Å². The number of hydrogen-bond donors (Lipinski definition) is 0. The van der Waals surface area contributed by atoms with Crippen molar-refractivity contribution in [3.63, 3.8) is 0 Å². The molecule has 0 amide bonds. The Morgan fingerprint density at radius 3 is 2.56 bits per heavy atom. The van der Waals surface area contributed by atoms with Crippen LogP contribution in [-0.4, -0.2) is 12.1 Å². The summed E-state index contributed by atoms with van der Waals surface area (Å²) in [6, 6.07) is 7.57. The smallest absolute Gasteiger partial charge is 0.264 e. The highest BCUT2D eigenvalue weighted by Gasteiger charge is 2.14. The molecule has 0 bridgehead atoms. The van der Waals surface area contributed by atoms with Crippen LogP contribution in [-0.2, 0) is 0 Å². The van der Waals surface area contributed by atoms with Gasteiger partial charge in [-0.2, -0.15) is 0 Å². The van der Waals surface area contributed by atoms with Crippen LogP contribution in [0.25, 0.3) is 11.1 Å². The zero-order chi connectivity index (χ0) is 13.1. The number of methoxy groups -OCH3 is 1. The Morgan fingerprint density at radius 1 is 1.22 bits per heavy atom. The average Bonchev–Trinajstić information content (AvgIpc) is 2.38. The molecule has 0 spiro atoms. The van der Waals surface area contributed by atoms with E-state index in [1.54, 1.807) is 12.1 Å². The third kappa shape index (κ3) is 2.59. The fourth-order valence-corrected chi connectivity index (χ4v) is 1.80. The van der Waals surface area contributed by atoms with Crippen LogP contribution in [0.3, 0.4) is 0 Å². The summed E-state index contributed by atoms with van der Waals surface area (Å²) < 4.78 is 30.7. The Labute approximate surface area is 108 Å². The Bertz CT molecular complexity index is 543. The van der Waals surface area contributed by atoms with E-state index in [0.717, 1.165) is 0 Å². The van der Waals surface area contributed by atoms with Crippen molar-refractivity contribution in [3.8, 4) is 17.0 Å².